The van der Waals surface area contributed by atoms with Gasteiger partial charge in [0.25, 0.3) is 0 Å². The van der Waals surface area contributed by atoms with Gasteiger partial charge in [0.2, 0.25) is 5.69 Å². The average molecular weight is 307 g/mol. The minimum absolute atomic E-state index is 0.506. The number of azo groups is 1. The van der Waals surface area contributed by atoms with Crippen LogP contribution in [0.5, 0.6) is 0 Å². The lowest BCUT2D eigenvalue weighted by Crippen LogP contribution is -1.92. The van der Waals surface area contributed by atoms with E-state index in [0.717, 1.165) is 6.42 Å². The number of nitrogens with zero attached hydrogens (tertiary/aromatic N) is 3. The molecule has 0 radical (unpaired) electrons. The second-order valence-electron chi connectivity index (χ2n) is 5.51. The Labute approximate surface area is 137 Å². The first kappa shape index (κ1) is 16.7. The Morgan fingerprint density at radius 2 is 1.70 bits per heavy atom. The third-order valence-electron chi connectivity index (χ3n) is 3.68. The first-order valence-corrected chi connectivity index (χ1v) is 8.01. The zero-order valence-corrected chi connectivity index (χ0v) is 13.4. The third kappa shape index (κ3) is 5.23. The van der Waals surface area contributed by atoms with Crippen LogP contribution in [0.15, 0.2) is 53.6 Å². The van der Waals surface area contributed by atoms with E-state index in [2.05, 4.69) is 12.0 Å². The molecule has 0 N–H and O–H groups in total. The van der Waals surface area contributed by atoms with Crippen molar-refractivity contribution < 1.29 is 4.86 Å². The molecule has 0 fully saturated rings. The van der Waals surface area contributed by atoms with E-state index >= 15 is 0 Å². The average Bonchev–Trinajstić information content (AvgIpc) is 2.60. The molecule has 0 aliphatic heterocycles. The van der Waals surface area contributed by atoms with Crippen LogP contribution in [0.2, 0.25) is 0 Å². The van der Waals surface area contributed by atoms with Gasteiger partial charge in [-0.05, 0) is 42.7 Å². The van der Waals surface area contributed by atoms with Crippen LogP contribution >= 0.6 is 0 Å². The quantitative estimate of drug-likeness (QED) is 0.289. The van der Waals surface area contributed by atoms with Gasteiger partial charge in [-0.15, -0.1) is 0 Å². The molecule has 0 unspecified atom stereocenters. The van der Waals surface area contributed by atoms with Gasteiger partial charge in [0.15, 0.2) is 0 Å². The number of aryl methyl sites for hydroxylation is 1. The van der Waals surface area contributed by atoms with Crippen LogP contribution in [0.4, 0.5) is 11.4 Å². The number of rotatable bonds is 7. The lowest BCUT2D eigenvalue weighted by atomic mass is 10.1. The van der Waals surface area contributed by atoms with Crippen LogP contribution in [0, 0.1) is 16.5 Å². The summed E-state index contributed by atoms with van der Waals surface area (Å²) < 4.78 is 0. The van der Waals surface area contributed by atoms with E-state index in [1.165, 1.54) is 31.2 Å². The second-order valence-corrected chi connectivity index (χ2v) is 5.51. The Morgan fingerprint density at radius 1 is 1.00 bits per heavy atom. The molecule has 0 spiro atoms. The highest BCUT2D eigenvalue weighted by Crippen LogP contribution is 2.19. The number of hydrogen-bond acceptors (Lipinski definition) is 3. The minimum atomic E-state index is 0.506. The van der Waals surface area contributed by atoms with Crippen LogP contribution in [-0.2, 0) is 6.42 Å². The van der Waals surface area contributed by atoms with Gasteiger partial charge in [-0.1, -0.05) is 43.2 Å². The molecule has 4 nitrogen and oxygen atoms in total. The van der Waals surface area contributed by atoms with Gasteiger partial charge in [0, 0.05) is 17.2 Å². The van der Waals surface area contributed by atoms with Crippen molar-refractivity contribution in [1.29, 1.82) is 5.26 Å². The highest BCUT2D eigenvalue weighted by Gasteiger charge is 2.04. The summed E-state index contributed by atoms with van der Waals surface area (Å²) in [5.41, 5.74) is 2.83. The molecule has 0 bridgehead atoms. The van der Waals surface area contributed by atoms with E-state index < -0.39 is 0 Å². The summed E-state index contributed by atoms with van der Waals surface area (Å²) >= 11 is 0. The molecule has 2 aromatic rings. The summed E-state index contributed by atoms with van der Waals surface area (Å²) in [6, 6.07) is 16.2. The van der Waals surface area contributed by atoms with Gasteiger partial charge in [-0.25, -0.2) is 0 Å². The van der Waals surface area contributed by atoms with Crippen LogP contribution in [-0.4, -0.2) is 4.86 Å². The fourth-order valence-electron chi connectivity index (χ4n) is 2.31. The monoisotopic (exact) mass is 307 g/mol. The van der Waals surface area contributed by atoms with E-state index in [9.17, 15) is 5.21 Å². The molecule has 2 aromatic carbocycles. The Morgan fingerprint density at radius 3 is 2.30 bits per heavy atom. The zero-order chi connectivity index (χ0) is 16.5. The zero-order valence-electron chi connectivity index (χ0n) is 13.4. The van der Waals surface area contributed by atoms with Gasteiger partial charge in [-0.2, -0.15) is 5.26 Å². The normalized spacial score (nSPS) is 11.2. The predicted molar refractivity (Wildman–Crippen MR) is 90.8 cm³/mol. The first-order chi connectivity index (χ1) is 11.2. The van der Waals surface area contributed by atoms with Crippen LogP contribution in [0.3, 0.4) is 0 Å². The van der Waals surface area contributed by atoms with Gasteiger partial charge < -0.3 is 5.21 Å². The second kappa shape index (κ2) is 8.70. The van der Waals surface area contributed by atoms with Crippen LogP contribution < -0.4 is 0 Å². The molecule has 0 aliphatic rings. The molecule has 0 amide bonds. The summed E-state index contributed by atoms with van der Waals surface area (Å²) in [5, 5.41) is 24.8. The van der Waals surface area contributed by atoms with Gasteiger partial charge in [0.05, 0.1) is 11.6 Å². The number of hydrogen-bond donors (Lipinski definition) is 0. The fourth-order valence-corrected chi connectivity index (χ4v) is 2.31. The van der Waals surface area contributed by atoms with Crippen molar-refractivity contribution in [3.63, 3.8) is 0 Å². The van der Waals surface area contributed by atoms with Crippen molar-refractivity contribution in [1.82, 2.24) is 0 Å². The first-order valence-electron chi connectivity index (χ1n) is 8.01. The van der Waals surface area contributed by atoms with E-state index in [0.29, 0.717) is 21.8 Å². The smallest absolute Gasteiger partial charge is 0.244 e. The number of benzene rings is 2. The summed E-state index contributed by atoms with van der Waals surface area (Å²) in [7, 11) is 0. The summed E-state index contributed by atoms with van der Waals surface area (Å²) in [5.74, 6) is 0. The van der Waals surface area contributed by atoms with Crippen molar-refractivity contribution in [3.05, 3.63) is 64.9 Å². The topological polar surface area (TPSA) is 62.2 Å². The molecule has 118 valence electrons. The van der Waals surface area contributed by atoms with Crippen molar-refractivity contribution in [2.45, 2.75) is 39.0 Å². The highest BCUT2D eigenvalue weighted by atomic mass is 16.5. The maximum Gasteiger partial charge on any atom is 0.244 e. The fraction of sp³-hybridized carbons (Fsp3) is 0.316. The van der Waals surface area contributed by atoms with Crippen LogP contribution in [0.1, 0.15) is 43.7 Å². The molecular weight excluding hydrogens is 286 g/mol. The molecule has 0 saturated heterocycles. The standard InChI is InChI=1S/C19H21N3O/c1-2-3-4-5-6-16-9-13-19(14-10-16)22(23)21-18-11-7-17(15-20)8-12-18/h7-14H,2-6H2,1H3. The van der Waals surface area contributed by atoms with E-state index in [-0.39, 0.29) is 0 Å². The molecule has 4 heteroatoms. The van der Waals surface area contributed by atoms with E-state index in [1.807, 2.05) is 18.2 Å². The molecule has 23 heavy (non-hydrogen) atoms. The number of unbranched alkanes of at least 4 members (excludes halogenated alkanes) is 3. The molecule has 0 saturated carbocycles. The Balaban J connectivity index is 2.00. The summed E-state index contributed by atoms with van der Waals surface area (Å²) in [6.45, 7) is 2.20. The third-order valence-corrected chi connectivity index (χ3v) is 3.68. The summed E-state index contributed by atoms with van der Waals surface area (Å²) in [4.78, 5) is 0.613. The molecule has 0 heterocycles. The minimum Gasteiger partial charge on any atom is -0.594 e. The van der Waals surface area contributed by atoms with Crippen LogP contribution in [0.25, 0.3) is 0 Å². The lowest BCUT2D eigenvalue weighted by Gasteiger charge is -2.03. The molecule has 0 aliphatic carbocycles. The summed E-state index contributed by atoms with van der Waals surface area (Å²) in [6.07, 6.45) is 5.99. The van der Waals surface area contributed by atoms with Gasteiger partial charge >= 0.3 is 0 Å². The van der Waals surface area contributed by atoms with Gasteiger partial charge in [-0.3, -0.25) is 0 Å². The lowest BCUT2D eigenvalue weighted by molar-refractivity contribution is -0.435. The molecule has 0 aromatic heterocycles. The SMILES string of the molecule is CCCCCCc1ccc([N+]([O-])=Nc2ccc(C#N)cc2)cc1. The van der Waals surface area contributed by atoms with Crippen molar-refractivity contribution in [2.24, 2.45) is 5.11 Å². The number of nitriles is 1. The Hall–Kier alpha value is -2.67. The molecular formula is C19H21N3O. The molecule has 0 atom stereocenters. The van der Waals surface area contributed by atoms with E-state index in [1.54, 1.807) is 36.4 Å². The maximum atomic E-state index is 12.1. The Bertz CT molecular complexity index is 682. The molecule has 2 rings (SSSR count). The highest BCUT2D eigenvalue weighted by molar-refractivity contribution is 5.42. The van der Waals surface area contributed by atoms with Crippen molar-refractivity contribution in [3.8, 4) is 6.07 Å². The van der Waals surface area contributed by atoms with Gasteiger partial charge in [0.1, 0.15) is 5.69 Å². The van der Waals surface area contributed by atoms with Crippen molar-refractivity contribution in [2.75, 3.05) is 0 Å². The van der Waals surface area contributed by atoms with E-state index in [4.69, 9.17) is 5.26 Å². The van der Waals surface area contributed by atoms with Crippen molar-refractivity contribution >= 4 is 11.4 Å². The maximum absolute atomic E-state index is 12.1. The largest absolute Gasteiger partial charge is 0.594 e. The predicted octanol–water partition coefficient (Wildman–Crippen LogP) is 5.61. The Kier molecular flexibility index (Phi) is 6.31.